The third-order valence-electron chi connectivity index (χ3n) is 5.53. The van der Waals surface area contributed by atoms with E-state index in [0.29, 0.717) is 31.0 Å². The van der Waals surface area contributed by atoms with Crippen LogP contribution in [0.15, 0.2) is 47.4 Å². The summed E-state index contributed by atoms with van der Waals surface area (Å²) in [5, 5.41) is 8.96. The van der Waals surface area contributed by atoms with Crippen LogP contribution in [0.25, 0.3) is 0 Å². The van der Waals surface area contributed by atoms with Gasteiger partial charge >= 0.3 is 0 Å². The van der Waals surface area contributed by atoms with E-state index in [0.717, 1.165) is 24.0 Å². The number of nitriles is 1. The van der Waals surface area contributed by atoms with Crippen molar-refractivity contribution in [3.8, 4) is 6.07 Å². The summed E-state index contributed by atoms with van der Waals surface area (Å²) >= 11 is 0. The Balaban J connectivity index is 1.75. The monoisotopic (exact) mass is 441 g/mol. The fourth-order valence-electron chi connectivity index (χ4n) is 3.56. The van der Waals surface area contributed by atoms with Crippen molar-refractivity contribution < 1.29 is 17.9 Å². The van der Waals surface area contributed by atoms with Gasteiger partial charge in [0.1, 0.15) is 0 Å². The highest BCUT2D eigenvalue weighted by Crippen LogP contribution is 2.22. The number of ether oxygens (including phenoxy) is 1. The number of carbonyl (C=O) groups is 1. The van der Waals surface area contributed by atoms with Crippen molar-refractivity contribution in [1.29, 1.82) is 5.26 Å². The van der Waals surface area contributed by atoms with Crippen molar-refractivity contribution in [2.24, 2.45) is 0 Å². The SMILES string of the molecule is Cc1ccc(S(=O)(=O)Nc2ccc(C(=O)N(CCC#N)C3CCOCC3)cc2)cc1C. The van der Waals surface area contributed by atoms with Gasteiger partial charge in [0.2, 0.25) is 0 Å². The smallest absolute Gasteiger partial charge is 0.261 e. The van der Waals surface area contributed by atoms with E-state index in [1.54, 1.807) is 47.4 Å². The maximum absolute atomic E-state index is 13.1. The zero-order valence-corrected chi connectivity index (χ0v) is 18.6. The van der Waals surface area contributed by atoms with E-state index in [1.165, 1.54) is 0 Å². The first-order chi connectivity index (χ1) is 14.8. The number of carbonyl (C=O) groups excluding carboxylic acids is 1. The molecule has 0 unspecified atom stereocenters. The summed E-state index contributed by atoms with van der Waals surface area (Å²) in [4.78, 5) is 15.0. The molecular weight excluding hydrogens is 414 g/mol. The Morgan fingerprint density at radius 3 is 2.42 bits per heavy atom. The molecule has 1 fully saturated rings. The van der Waals surface area contributed by atoms with Gasteiger partial charge in [-0.2, -0.15) is 5.26 Å². The van der Waals surface area contributed by atoms with Crippen molar-refractivity contribution in [2.45, 2.75) is 44.0 Å². The van der Waals surface area contributed by atoms with Gasteiger partial charge in [-0.1, -0.05) is 6.07 Å². The molecule has 0 aliphatic carbocycles. The van der Waals surface area contributed by atoms with Gasteiger partial charge in [0.05, 0.1) is 17.4 Å². The second-order valence-electron chi connectivity index (χ2n) is 7.68. The second-order valence-corrected chi connectivity index (χ2v) is 9.36. The molecule has 1 heterocycles. The molecule has 31 heavy (non-hydrogen) atoms. The summed E-state index contributed by atoms with van der Waals surface area (Å²) in [5.41, 5.74) is 2.75. The summed E-state index contributed by atoms with van der Waals surface area (Å²) < 4.78 is 33.3. The molecule has 2 aromatic carbocycles. The van der Waals surface area contributed by atoms with Gasteiger partial charge in [0, 0.05) is 37.1 Å². The molecule has 0 saturated carbocycles. The lowest BCUT2D eigenvalue weighted by Gasteiger charge is -2.34. The van der Waals surface area contributed by atoms with E-state index < -0.39 is 10.0 Å². The summed E-state index contributed by atoms with van der Waals surface area (Å²) in [6, 6.07) is 13.5. The van der Waals surface area contributed by atoms with Crippen molar-refractivity contribution in [2.75, 3.05) is 24.5 Å². The number of nitrogens with one attached hydrogen (secondary N) is 1. The second kappa shape index (κ2) is 9.94. The third-order valence-corrected chi connectivity index (χ3v) is 6.91. The minimum Gasteiger partial charge on any atom is -0.381 e. The zero-order chi connectivity index (χ0) is 22.4. The van der Waals surface area contributed by atoms with Crippen LogP contribution in [0.1, 0.15) is 40.7 Å². The molecule has 0 bridgehead atoms. The van der Waals surface area contributed by atoms with Crippen LogP contribution in [0.2, 0.25) is 0 Å². The molecule has 1 amide bonds. The van der Waals surface area contributed by atoms with Gasteiger partial charge < -0.3 is 9.64 Å². The van der Waals surface area contributed by atoms with Crippen LogP contribution in [-0.4, -0.2) is 45.0 Å². The van der Waals surface area contributed by atoms with Crippen molar-refractivity contribution in [3.63, 3.8) is 0 Å². The number of benzene rings is 2. The maximum atomic E-state index is 13.1. The largest absolute Gasteiger partial charge is 0.381 e. The molecule has 2 aromatic rings. The standard InChI is InChI=1S/C23H27N3O4S/c1-17-4-9-22(16-18(17)2)31(28,29)25-20-7-5-19(6-8-20)23(27)26(13-3-12-24)21-10-14-30-15-11-21/h4-9,16,21,25H,3,10-11,13-15H2,1-2H3. The first-order valence-corrected chi connectivity index (χ1v) is 11.8. The van der Waals surface area contributed by atoms with Crippen molar-refractivity contribution in [1.82, 2.24) is 4.90 Å². The molecule has 1 saturated heterocycles. The summed E-state index contributed by atoms with van der Waals surface area (Å²) in [5.74, 6) is -0.161. The number of sulfonamides is 1. The van der Waals surface area contributed by atoms with Crippen LogP contribution in [-0.2, 0) is 14.8 Å². The van der Waals surface area contributed by atoms with Crippen LogP contribution >= 0.6 is 0 Å². The third kappa shape index (κ3) is 5.63. The average molecular weight is 442 g/mol. The lowest BCUT2D eigenvalue weighted by molar-refractivity contribution is 0.0296. The highest BCUT2D eigenvalue weighted by atomic mass is 32.2. The number of nitrogens with zero attached hydrogens (tertiary/aromatic N) is 2. The Kier molecular flexibility index (Phi) is 7.31. The summed E-state index contributed by atoms with van der Waals surface area (Å²) in [6.07, 6.45) is 1.74. The minimum absolute atomic E-state index is 0.0394. The normalized spacial score (nSPS) is 14.6. The van der Waals surface area contributed by atoms with E-state index in [9.17, 15) is 13.2 Å². The Hall–Kier alpha value is -2.89. The number of anilines is 1. The number of aryl methyl sites for hydroxylation is 2. The molecule has 7 nitrogen and oxygen atoms in total. The van der Waals surface area contributed by atoms with E-state index in [-0.39, 0.29) is 23.3 Å². The lowest BCUT2D eigenvalue weighted by Crippen LogP contribution is -2.43. The van der Waals surface area contributed by atoms with Gasteiger partial charge in [0.15, 0.2) is 0 Å². The zero-order valence-electron chi connectivity index (χ0n) is 17.8. The van der Waals surface area contributed by atoms with Crippen molar-refractivity contribution >= 4 is 21.6 Å². The molecule has 3 rings (SSSR count). The first kappa shape index (κ1) is 22.8. The van der Waals surface area contributed by atoms with Gasteiger partial charge in [-0.05, 0) is 74.2 Å². The topological polar surface area (TPSA) is 99.5 Å². The molecule has 8 heteroatoms. The van der Waals surface area contributed by atoms with Crippen LogP contribution in [0, 0.1) is 25.2 Å². The predicted octanol–water partition coefficient (Wildman–Crippen LogP) is 3.64. The fourth-order valence-corrected chi connectivity index (χ4v) is 4.70. The van der Waals surface area contributed by atoms with Crippen LogP contribution < -0.4 is 4.72 Å². The van der Waals surface area contributed by atoms with Crippen molar-refractivity contribution in [3.05, 3.63) is 59.2 Å². The van der Waals surface area contributed by atoms with Gasteiger partial charge in [-0.15, -0.1) is 0 Å². The minimum atomic E-state index is -3.73. The van der Waals surface area contributed by atoms with Gasteiger partial charge in [-0.3, -0.25) is 9.52 Å². The Morgan fingerprint density at radius 1 is 1.13 bits per heavy atom. The summed E-state index contributed by atoms with van der Waals surface area (Å²) in [7, 11) is -3.73. The maximum Gasteiger partial charge on any atom is 0.261 e. The highest BCUT2D eigenvalue weighted by Gasteiger charge is 2.26. The molecule has 1 aliphatic rings. The van der Waals surface area contributed by atoms with E-state index >= 15 is 0 Å². The molecule has 0 aromatic heterocycles. The van der Waals surface area contributed by atoms with Crippen LogP contribution in [0.5, 0.6) is 0 Å². The highest BCUT2D eigenvalue weighted by molar-refractivity contribution is 7.92. The average Bonchev–Trinajstić information content (AvgIpc) is 2.76. The molecule has 0 atom stereocenters. The first-order valence-electron chi connectivity index (χ1n) is 10.3. The van der Waals surface area contributed by atoms with E-state index in [1.807, 2.05) is 13.8 Å². The molecule has 164 valence electrons. The Morgan fingerprint density at radius 2 is 1.81 bits per heavy atom. The molecule has 0 spiro atoms. The van der Waals surface area contributed by atoms with E-state index in [4.69, 9.17) is 10.00 Å². The molecular formula is C23H27N3O4S. The Bertz CT molecular complexity index is 1070. The number of hydrogen-bond donors (Lipinski definition) is 1. The van der Waals surface area contributed by atoms with Crippen LogP contribution in [0.4, 0.5) is 5.69 Å². The predicted molar refractivity (Wildman–Crippen MR) is 118 cm³/mol. The summed E-state index contributed by atoms with van der Waals surface area (Å²) in [6.45, 7) is 5.35. The van der Waals surface area contributed by atoms with Gasteiger partial charge in [0.25, 0.3) is 15.9 Å². The molecule has 0 radical (unpaired) electrons. The quantitative estimate of drug-likeness (QED) is 0.707. The van der Waals surface area contributed by atoms with Crippen LogP contribution in [0.3, 0.4) is 0 Å². The number of amides is 1. The number of hydrogen-bond acceptors (Lipinski definition) is 5. The molecule has 1 aliphatic heterocycles. The Labute approximate surface area is 183 Å². The lowest BCUT2D eigenvalue weighted by atomic mass is 10.0. The van der Waals surface area contributed by atoms with Gasteiger partial charge in [-0.25, -0.2) is 8.42 Å². The van der Waals surface area contributed by atoms with E-state index in [2.05, 4.69) is 10.8 Å². The number of rotatable bonds is 7. The fraction of sp³-hybridized carbons (Fsp3) is 0.391. The molecule has 1 N–H and O–H groups in total.